The Morgan fingerprint density at radius 1 is 1.10 bits per heavy atom. The lowest BCUT2D eigenvalue weighted by Gasteiger charge is -2.20. The third-order valence-corrected chi connectivity index (χ3v) is 4.56. The second-order valence-corrected chi connectivity index (χ2v) is 6.76. The average molecular weight is 426 g/mol. The van der Waals surface area contributed by atoms with Gasteiger partial charge in [-0.15, -0.1) is 0 Å². The van der Waals surface area contributed by atoms with E-state index in [9.17, 15) is 9.59 Å². The summed E-state index contributed by atoms with van der Waals surface area (Å²) in [5.74, 6) is 6.17. The molecule has 0 atom stereocenters. The van der Waals surface area contributed by atoms with Crippen molar-refractivity contribution in [3.05, 3.63) is 71.6 Å². The van der Waals surface area contributed by atoms with Crippen LogP contribution in [0.3, 0.4) is 0 Å². The maximum Gasteiger partial charge on any atom is 0.268 e. The summed E-state index contributed by atoms with van der Waals surface area (Å²) in [6.07, 6.45) is 3.14. The smallest absolute Gasteiger partial charge is 0.268 e. The van der Waals surface area contributed by atoms with Crippen LogP contribution in [0.25, 0.3) is 0 Å². The number of likely N-dealkylation sites (N-methyl/N-ethyl adjacent to an activating group) is 2. The predicted molar refractivity (Wildman–Crippen MR) is 123 cm³/mol. The largest absolute Gasteiger partial charge is 0.491 e. The first kappa shape index (κ1) is 23.8. The van der Waals surface area contributed by atoms with Gasteiger partial charge in [-0.2, -0.15) is 0 Å². The van der Waals surface area contributed by atoms with Gasteiger partial charge in [0, 0.05) is 26.2 Å². The number of nitrogens with two attached hydrogens (primary N) is 1. The first-order valence-electron chi connectivity index (χ1n) is 10.2. The minimum atomic E-state index is -0.303. The van der Waals surface area contributed by atoms with Crippen LogP contribution in [0.15, 0.2) is 60.4 Å². The van der Waals surface area contributed by atoms with Gasteiger partial charge >= 0.3 is 0 Å². The second kappa shape index (κ2) is 12.2. The van der Waals surface area contributed by atoms with Crippen molar-refractivity contribution in [1.82, 2.24) is 16.0 Å². The Labute approximate surface area is 183 Å². The van der Waals surface area contributed by atoms with Crippen LogP contribution >= 0.6 is 0 Å². The maximum absolute atomic E-state index is 12.3. The Kier molecular flexibility index (Phi) is 9.38. The molecule has 0 aliphatic carbocycles. The Bertz CT molecular complexity index is 899. The van der Waals surface area contributed by atoms with E-state index < -0.39 is 0 Å². The molecule has 8 heteroatoms. The number of hydrogen-bond donors (Lipinski definition) is 4. The van der Waals surface area contributed by atoms with Crippen LogP contribution in [0.4, 0.5) is 5.69 Å². The maximum atomic E-state index is 12.3. The lowest BCUT2D eigenvalue weighted by molar-refractivity contribution is -0.117. The minimum absolute atomic E-state index is 0.191. The minimum Gasteiger partial charge on any atom is -0.491 e. The van der Waals surface area contributed by atoms with Crippen molar-refractivity contribution in [1.29, 1.82) is 0 Å². The molecule has 0 unspecified atom stereocenters. The summed E-state index contributed by atoms with van der Waals surface area (Å²) in [6.45, 7) is 2.83. The van der Waals surface area contributed by atoms with Gasteiger partial charge in [-0.1, -0.05) is 30.3 Å². The fourth-order valence-corrected chi connectivity index (χ4v) is 2.93. The Hall–Kier alpha value is -3.52. The molecule has 0 aromatic heterocycles. The number of carbonyl (C=O) groups excluding carboxylic acids is 2. The Balaban J connectivity index is 2.21. The normalized spacial score (nSPS) is 10.9. The summed E-state index contributed by atoms with van der Waals surface area (Å²) in [5.41, 5.74) is 2.52. The van der Waals surface area contributed by atoms with E-state index in [1.54, 1.807) is 25.2 Å². The Morgan fingerprint density at radius 2 is 1.84 bits per heavy atom. The molecule has 0 saturated heterocycles. The fourth-order valence-electron chi connectivity index (χ4n) is 2.93. The van der Waals surface area contributed by atoms with E-state index in [0.29, 0.717) is 30.2 Å². The molecule has 0 saturated carbocycles. The van der Waals surface area contributed by atoms with E-state index in [2.05, 4.69) is 28.1 Å². The lowest BCUT2D eigenvalue weighted by atomic mass is 10.1. The summed E-state index contributed by atoms with van der Waals surface area (Å²) < 4.78 is 6.00. The molecule has 0 heterocycles. The zero-order valence-corrected chi connectivity index (χ0v) is 18.3. The van der Waals surface area contributed by atoms with Gasteiger partial charge in [0.2, 0.25) is 0 Å². The fraction of sp³-hybridized carbons (Fsp3) is 0.304. The van der Waals surface area contributed by atoms with E-state index in [1.165, 1.54) is 23.8 Å². The SMILES string of the molecule is CCNC(=O)c1ccc(N(N)/C=C(\NC)C(=O)NC)c(OCCCc2ccccc2)c1. The highest BCUT2D eigenvalue weighted by atomic mass is 16.5. The first-order valence-corrected chi connectivity index (χ1v) is 10.2. The first-order chi connectivity index (χ1) is 15.0. The number of hydrogen-bond acceptors (Lipinski definition) is 6. The van der Waals surface area contributed by atoms with Crippen molar-refractivity contribution in [3.8, 4) is 5.75 Å². The van der Waals surface area contributed by atoms with E-state index in [4.69, 9.17) is 10.6 Å². The number of hydrazine groups is 1. The molecule has 0 aliphatic heterocycles. The third kappa shape index (κ3) is 7.04. The molecule has 0 spiro atoms. The highest BCUT2D eigenvalue weighted by molar-refractivity contribution is 5.95. The van der Waals surface area contributed by atoms with E-state index >= 15 is 0 Å². The van der Waals surface area contributed by atoms with Crippen LogP contribution in [0.1, 0.15) is 29.3 Å². The topological polar surface area (TPSA) is 109 Å². The monoisotopic (exact) mass is 425 g/mol. The van der Waals surface area contributed by atoms with Gasteiger partial charge in [-0.3, -0.25) is 14.6 Å². The number of anilines is 1. The molecule has 0 aliphatic rings. The molecule has 0 radical (unpaired) electrons. The summed E-state index contributed by atoms with van der Waals surface area (Å²) in [4.78, 5) is 24.2. The molecule has 2 rings (SSSR count). The Morgan fingerprint density at radius 3 is 2.48 bits per heavy atom. The van der Waals surface area contributed by atoms with Crippen molar-refractivity contribution in [2.75, 3.05) is 32.3 Å². The van der Waals surface area contributed by atoms with E-state index in [0.717, 1.165) is 12.8 Å². The van der Waals surface area contributed by atoms with Crippen molar-refractivity contribution in [2.45, 2.75) is 19.8 Å². The standard InChI is InChI=1S/C23H31N5O3/c1-4-27-22(29)18-12-13-20(28(24)16-19(25-2)23(30)26-3)21(15-18)31-14-8-11-17-9-6-5-7-10-17/h5-7,9-10,12-13,15-16,25H,4,8,11,14,24H2,1-3H3,(H,26,30)(H,27,29)/b19-16-. The van der Waals surface area contributed by atoms with Crippen molar-refractivity contribution in [2.24, 2.45) is 5.84 Å². The van der Waals surface area contributed by atoms with Crippen molar-refractivity contribution >= 4 is 17.5 Å². The molecule has 2 aromatic rings. The van der Waals surface area contributed by atoms with Gasteiger partial charge in [0.05, 0.1) is 18.5 Å². The van der Waals surface area contributed by atoms with Crippen molar-refractivity contribution < 1.29 is 14.3 Å². The predicted octanol–water partition coefficient (Wildman–Crippen LogP) is 1.93. The second-order valence-electron chi connectivity index (χ2n) is 6.76. The van der Waals surface area contributed by atoms with Gasteiger partial charge in [0.1, 0.15) is 11.4 Å². The number of ether oxygens (including phenoxy) is 1. The van der Waals surface area contributed by atoms with Crippen LogP contribution in [-0.4, -0.2) is 39.1 Å². The summed E-state index contributed by atoms with van der Waals surface area (Å²) in [6, 6.07) is 15.2. The number of carbonyl (C=O) groups is 2. The number of nitrogens with zero attached hydrogens (tertiary/aromatic N) is 1. The number of aryl methyl sites for hydroxylation is 1. The summed E-state index contributed by atoms with van der Waals surface area (Å²) in [7, 11) is 3.17. The van der Waals surface area contributed by atoms with Crippen LogP contribution < -0.4 is 31.5 Å². The van der Waals surface area contributed by atoms with Crippen LogP contribution in [0.2, 0.25) is 0 Å². The average Bonchev–Trinajstić information content (AvgIpc) is 2.80. The van der Waals surface area contributed by atoms with Gasteiger partial charge in [0.25, 0.3) is 11.8 Å². The van der Waals surface area contributed by atoms with E-state index in [-0.39, 0.29) is 17.5 Å². The van der Waals surface area contributed by atoms with Gasteiger partial charge < -0.3 is 20.7 Å². The molecule has 8 nitrogen and oxygen atoms in total. The van der Waals surface area contributed by atoms with Crippen molar-refractivity contribution in [3.63, 3.8) is 0 Å². The number of amides is 2. The van der Waals surface area contributed by atoms with Gasteiger partial charge in [-0.25, -0.2) is 5.84 Å². The molecule has 2 amide bonds. The van der Waals surface area contributed by atoms with Gasteiger partial charge in [-0.05, 0) is 43.5 Å². The van der Waals surface area contributed by atoms with Crippen LogP contribution in [0.5, 0.6) is 5.75 Å². The molecule has 0 bridgehead atoms. The van der Waals surface area contributed by atoms with Gasteiger partial charge in [0.15, 0.2) is 0 Å². The number of benzene rings is 2. The summed E-state index contributed by atoms with van der Waals surface area (Å²) >= 11 is 0. The van der Waals surface area contributed by atoms with Crippen LogP contribution in [0, 0.1) is 0 Å². The quantitative estimate of drug-likeness (QED) is 0.190. The zero-order chi connectivity index (χ0) is 22.6. The molecule has 0 fully saturated rings. The summed E-state index contributed by atoms with van der Waals surface area (Å²) in [5, 5.41) is 9.44. The van der Waals surface area contributed by atoms with Crippen LogP contribution in [-0.2, 0) is 11.2 Å². The molecular weight excluding hydrogens is 394 g/mol. The lowest BCUT2D eigenvalue weighted by Crippen LogP contribution is -2.33. The highest BCUT2D eigenvalue weighted by Crippen LogP contribution is 2.29. The third-order valence-electron chi connectivity index (χ3n) is 4.56. The molecule has 166 valence electrons. The molecule has 2 aromatic carbocycles. The zero-order valence-electron chi connectivity index (χ0n) is 18.3. The number of nitrogens with one attached hydrogen (secondary N) is 3. The van der Waals surface area contributed by atoms with E-state index in [1.807, 2.05) is 25.1 Å². The molecule has 31 heavy (non-hydrogen) atoms. The highest BCUT2D eigenvalue weighted by Gasteiger charge is 2.15. The number of rotatable bonds is 11. The molecular formula is C23H31N5O3. The molecule has 5 N–H and O–H groups in total.